The van der Waals surface area contributed by atoms with E-state index in [9.17, 15) is 9.59 Å². The summed E-state index contributed by atoms with van der Waals surface area (Å²) >= 11 is 2.02. The van der Waals surface area contributed by atoms with E-state index in [0.717, 1.165) is 0 Å². The van der Waals surface area contributed by atoms with Gasteiger partial charge in [0, 0.05) is 7.92 Å². The number of rotatable bonds is 0. The summed E-state index contributed by atoms with van der Waals surface area (Å²) in [6.45, 7) is 6.28. The van der Waals surface area contributed by atoms with E-state index in [0.29, 0.717) is 10.8 Å². The molecule has 0 N–H and O–H groups in total. The predicted molar refractivity (Wildman–Crippen MR) is 94.8 cm³/mol. The summed E-state index contributed by atoms with van der Waals surface area (Å²) in [6.07, 6.45) is 0. The van der Waals surface area contributed by atoms with Crippen molar-refractivity contribution in [2.45, 2.75) is 25.4 Å². The number of aromatic nitrogens is 2. The quantitative estimate of drug-likeness (QED) is 0.363. The molecule has 22 heavy (non-hydrogen) atoms. The van der Waals surface area contributed by atoms with E-state index in [-0.39, 0.29) is 37.5 Å². The first-order valence-electron chi connectivity index (χ1n) is 6.26. The van der Waals surface area contributed by atoms with Crippen molar-refractivity contribution in [2.24, 2.45) is 0 Å². The molecule has 124 valence electrons. The first-order valence-corrected chi connectivity index (χ1v) is 10.5. The topological polar surface area (TPSA) is 44.0 Å². The van der Waals surface area contributed by atoms with E-state index in [2.05, 4.69) is 16.4 Å². The minimum absolute atomic E-state index is 0. The van der Waals surface area contributed by atoms with Gasteiger partial charge in [-0.2, -0.15) is 0 Å². The van der Waals surface area contributed by atoms with Crippen LogP contribution < -0.4 is 11.1 Å². The van der Waals surface area contributed by atoms with E-state index >= 15 is 0 Å². The van der Waals surface area contributed by atoms with Crippen LogP contribution in [0.25, 0.3) is 10.8 Å². The van der Waals surface area contributed by atoms with Gasteiger partial charge in [0.2, 0.25) is 0 Å². The van der Waals surface area contributed by atoms with Crippen molar-refractivity contribution >= 4 is 28.4 Å². The SMILES string of the molecule is C[C@H]1n2c(=O)c3ccccc3c(=O)n2[C@H](C)[PH+]1C.[CH3-].[CH3-].[Cl][Rh+2]. The van der Waals surface area contributed by atoms with E-state index in [1.165, 1.54) is 0 Å². The predicted octanol–water partition coefficient (Wildman–Crippen LogP) is 3.65. The van der Waals surface area contributed by atoms with Crippen molar-refractivity contribution < 1.29 is 17.3 Å². The molecule has 2 aromatic rings. The second-order valence-corrected chi connectivity index (χ2v) is 8.10. The summed E-state index contributed by atoms with van der Waals surface area (Å²) in [5.74, 6) is 0.324. The van der Waals surface area contributed by atoms with Crippen molar-refractivity contribution in [2.75, 3.05) is 6.66 Å². The fourth-order valence-corrected chi connectivity index (χ4v) is 4.71. The van der Waals surface area contributed by atoms with Crippen molar-refractivity contribution in [3.05, 3.63) is 59.8 Å². The summed E-state index contributed by atoms with van der Waals surface area (Å²) in [7, 11) is 3.76. The maximum atomic E-state index is 12.5. The molecule has 0 spiro atoms. The van der Waals surface area contributed by atoms with Gasteiger partial charge in [-0.3, -0.25) is 9.59 Å². The van der Waals surface area contributed by atoms with Crippen LogP contribution in [0, 0.1) is 14.9 Å². The molecule has 1 aliphatic heterocycles. The van der Waals surface area contributed by atoms with E-state index < -0.39 is 7.92 Å². The standard InChI is InChI=1S/C13H15N2O2P.2CH3.ClH.Rh/c1-8-14-12(16)10-6-4-5-7-11(10)13(17)15(14)9(2)18(8)3;;;;/h4-9H,1-3H3;2*1H3;1H;/q;2*-1;;+3/t8-,9-;;;;/m0..../s1. The van der Waals surface area contributed by atoms with Gasteiger partial charge in [0.05, 0.1) is 17.4 Å². The number of hydrogen-bond acceptors (Lipinski definition) is 2. The van der Waals surface area contributed by atoms with Crippen LogP contribution in [0.4, 0.5) is 0 Å². The van der Waals surface area contributed by atoms with E-state index in [1.54, 1.807) is 21.5 Å². The summed E-state index contributed by atoms with van der Waals surface area (Å²) in [6, 6.07) is 7.10. The van der Waals surface area contributed by atoms with Gasteiger partial charge in [-0.15, -0.1) is 0 Å². The van der Waals surface area contributed by atoms with Crippen molar-refractivity contribution in [1.29, 1.82) is 0 Å². The zero-order valence-corrected chi connectivity index (χ0v) is 16.8. The third kappa shape index (κ3) is 3.09. The first-order chi connectivity index (χ1) is 9.54. The molecule has 0 unspecified atom stereocenters. The normalized spacial score (nSPS) is 19.5. The summed E-state index contributed by atoms with van der Waals surface area (Å²) in [4.78, 5) is 25.0. The fourth-order valence-electron chi connectivity index (χ4n) is 2.76. The fraction of sp³-hybridized carbons (Fsp3) is 0.333. The van der Waals surface area contributed by atoms with E-state index in [1.807, 2.05) is 43.3 Å². The Morgan fingerprint density at radius 2 is 1.27 bits per heavy atom. The number of halogens is 1. The zero-order chi connectivity index (χ0) is 15.0. The third-order valence-corrected chi connectivity index (χ3v) is 7.21. The van der Waals surface area contributed by atoms with Gasteiger partial charge in [0.1, 0.15) is 0 Å². The van der Waals surface area contributed by atoms with Gasteiger partial charge < -0.3 is 14.9 Å². The molecule has 3 rings (SSSR count). The Hall–Kier alpha value is -0.497. The summed E-state index contributed by atoms with van der Waals surface area (Å²) < 4.78 is 3.34. The molecule has 0 saturated heterocycles. The Morgan fingerprint density at radius 1 is 0.955 bits per heavy atom. The van der Waals surface area contributed by atoms with Crippen LogP contribution in [0.3, 0.4) is 0 Å². The van der Waals surface area contributed by atoms with Crippen LogP contribution >= 0.6 is 17.6 Å². The van der Waals surface area contributed by atoms with Crippen molar-refractivity contribution in [1.82, 2.24) is 9.36 Å². The Labute approximate surface area is 146 Å². The molecule has 1 aromatic carbocycles. The van der Waals surface area contributed by atoms with Crippen LogP contribution in [-0.2, 0) is 17.3 Å². The molecule has 2 atom stereocenters. The van der Waals surface area contributed by atoms with Gasteiger partial charge in [-0.25, -0.2) is 9.36 Å². The summed E-state index contributed by atoms with van der Waals surface area (Å²) in [5, 5.41) is 1.07. The van der Waals surface area contributed by atoms with Gasteiger partial charge in [-0.1, -0.05) is 12.1 Å². The number of fused-ring (bicyclic) bond motifs is 2. The zero-order valence-electron chi connectivity index (χ0n) is 13.4. The molecule has 1 aromatic heterocycles. The van der Waals surface area contributed by atoms with E-state index in [4.69, 9.17) is 0 Å². The number of hydrogen-bond donors (Lipinski definition) is 0. The Balaban J connectivity index is 0.00000106. The molecule has 0 saturated carbocycles. The molecule has 4 nitrogen and oxygen atoms in total. The second kappa shape index (κ2) is 8.38. The van der Waals surface area contributed by atoms with Gasteiger partial charge in [-0.05, 0) is 26.0 Å². The second-order valence-electron chi connectivity index (χ2n) is 4.94. The molecular formula is C15H22ClN2O2PRh+. The van der Waals surface area contributed by atoms with Crippen LogP contribution in [-0.4, -0.2) is 16.0 Å². The van der Waals surface area contributed by atoms with Gasteiger partial charge >= 0.3 is 27.0 Å². The van der Waals surface area contributed by atoms with Crippen LogP contribution in [0.1, 0.15) is 25.4 Å². The molecular weight excluding hydrogens is 410 g/mol. The number of benzene rings is 1. The molecule has 2 heterocycles. The van der Waals surface area contributed by atoms with Crippen LogP contribution in [0.15, 0.2) is 33.9 Å². The Morgan fingerprint density at radius 3 is 1.59 bits per heavy atom. The van der Waals surface area contributed by atoms with Crippen LogP contribution in [0.2, 0.25) is 0 Å². The van der Waals surface area contributed by atoms with Gasteiger partial charge in [0.15, 0.2) is 11.6 Å². The number of nitrogens with zero attached hydrogens (tertiary/aromatic N) is 2. The Kier molecular flexibility index (Phi) is 8.19. The monoisotopic (exact) mass is 431 g/mol. The average Bonchev–Trinajstić information content (AvgIpc) is 2.72. The van der Waals surface area contributed by atoms with Gasteiger partial charge in [0.25, 0.3) is 11.1 Å². The van der Waals surface area contributed by atoms with Crippen molar-refractivity contribution in [3.8, 4) is 0 Å². The molecule has 1 aliphatic rings. The molecule has 0 bridgehead atoms. The first kappa shape index (κ1) is 21.5. The summed E-state index contributed by atoms with van der Waals surface area (Å²) in [5.41, 5.74) is -0.0715. The third-order valence-electron chi connectivity index (χ3n) is 4.09. The molecule has 0 fully saturated rings. The molecule has 0 aliphatic carbocycles. The Bertz CT molecular complexity index is 697. The van der Waals surface area contributed by atoms with Crippen molar-refractivity contribution in [3.63, 3.8) is 0 Å². The molecule has 0 amide bonds. The maximum absolute atomic E-state index is 12.5. The minimum atomic E-state index is -0.765. The average molecular weight is 432 g/mol. The molecule has 0 radical (unpaired) electrons. The van der Waals surface area contributed by atoms with Crippen LogP contribution in [0.5, 0.6) is 0 Å². The molecule has 7 heteroatoms.